The summed E-state index contributed by atoms with van der Waals surface area (Å²) in [5.74, 6) is 1.09. The van der Waals surface area contributed by atoms with Crippen LogP contribution in [0.2, 0.25) is 0 Å². The van der Waals surface area contributed by atoms with Crippen molar-refractivity contribution in [1.82, 2.24) is 9.80 Å². The van der Waals surface area contributed by atoms with Gasteiger partial charge in [-0.25, -0.2) is 0 Å². The van der Waals surface area contributed by atoms with Crippen molar-refractivity contribution >= 4 is 23.2 Å². The molecule has 1 fully saturated rings. The minimum atomic E-state index is -0.128. The number of ether oxygens (including phenoxy) is 1. The van der Waals surface area contributed by atoms with Crippen molar-refractivity contribution in [3.63, 3.8) is 0 Å². The maximum absolute atomic E-state index is 13.4. The molecule has 2 aliphatic rings. The van der Waals surface area contributed by atoms with Crippen LogP contribution in [0.1, 0.15) is 48.7 Å². The Morgan fingerprint density at radius 3 is 2.70 bits per heavy atom. The zero-order valence-corrected chi connectivity index (χ0v) is 18.8. The van der Waals surface area contributed by atoms with Crippen LogP contribution in [0.25, 0.3) is 0 Å². The molecular weight excluding hydrogens is 396 g/mol. The molecule has 4 rings (SSSR count). The number of para-hydroxylation sites is 1. The molecule has 0 spiro atoms. The van der Waals surface area contributed by atoms with E-state index in [9.17, 15) is 9.59 Å². The van der Waals surface area contributed by atoms with Crippen LogP contribution in [0.5, 0.6) is 5.75 Å². The number of nitrogens with zero attached hydrogens (tertiary/aromatic N) is 2. The van der Waals surface area contributed by atoms with E-state index in [2.05, 4.69) is 11.4 Å². The number of carbonyl (C=O) groups excluding carboxylic acids is 2. The molecule has 1 aliphatic carbocycles. The normalized spacial score (nSPS) is 18.3. The maximum Gasteiger partial charge on any atom is 0.242 e. The molecule has 1 atom stereocenters. The van der Waals surface area contributed by atoms with E-state index in [1.165, 1.54) is 10.4 Å². The molecule has 0 saturated heterocycles. The van der Waals surface area contributed by atoms with E-state index in [0.29, 0.717) is 13.2 Å². The molecule has 160 valence electrons. The molecule has 2 heterocycles. The molecule has 6 heteroatoms. The fourth-order valence-electron chi connectivity index (χ4n) is 4.08. The van der Waals surface area contributed by atoms with Crippen molar-refractivity contribution in [3.8, 4) is 5.75 Å². The summed E-state index contributed by atoms with van der Waals surface area (Å²) >= 11 is 1.75. The van der Waals surface area contributed by atoms with Crippen molar-refractivity contribution in [2.24, 2.45) is 5.92 Å². The van der Waals surface area contributed by atoms with Gasteiger partial charge in [-0.1, -0.05) is 18.2 Å². The van der Waals surface area contributed by atoms with E-state index in [1.54, 1.807) is 16.2 Å². The molecule has 1 aliphatic heterocycles. The lowest BCUT2D eigenvalue weighted by Crippen LogP contribution is -2.49. The molecule has 0 radical (unpaired) electrons. The van der Waals surface area contributed by atoms with Gasteiger partial charge in [0.2, 0.25) is 11.8 Å². The second-order valence-electron chi connectivity index (χ2n) is 8.56. The third-order valence-electron chi connectivity index (χ3n) is 6.04. The van der Waals surface area contributed by atoms with Gasteiger partial charge >= 0.3 is 0 Å². The molecule has 1 unspecified atom stereocenters. The molecule has 2 amide bonds. The van der Waals surface area contributed by atoms with Gasteiger partial charge in [0, 0.05) is 23.4 Å². The second-order valence-corrected chi connectivity index (χ2v) is 9.56. The fraction of sp³-hybridized carbons (Fsp3) is 0.500. The van der Waals surface area contributed by atoms with Gasteiger partial charge in [-0.15, -0.1) is 11.3 Å². The van der Waals surface area contributed by atoms with Crippen LogP contribution >= 0.6 is 11.3 Å². The van der Waals surface area contributed by atoms with Crippen molar-refractivity contribution in [2.45, 2.75) is 52.1 Å². The number of hydrogen-bond donors (Lipinski definition) is 0. The van der Waals surface area contributed by atoms with Gasteiger partial charge in [-0.3, -0.25) is 9.59 Å². The summed E-state index contributed by atoms with van der Waals surface area (Å²) in [6.07, 6.45) is 2.76. The number of thiophene rings is 1. The summed E-state index contributed by atoms with van der Waals surface area (Å²) < 4.78 is 6.16. The van der Waals surface area contributed by atoms with E-state index in [0.717, 1.165) is 30.6 Å². The minimum absolute atomic E-state index is 0.00735. The van der Waals surface area contributed by atoms with Crippen LogP contribution in [0.4, 0.5) is 0 Å². The summed E-state index contributed by atoms with van der Waals surface area (Å²) in [5, 5.41) is 2.09. The van der Waals surface area contributed by atoms with Crippen molar-refractivity contribution in [3.05, 3.63) is 51.7 Å². The zero-order chi connectivity index (χ0) is 21.3. The minimum Gasteiger partial charge on any atom is -0.491 e. The van der Waals surface area contributed by atoms with Gasteiger partial charge in [0.1, 0.15) is 18.9 Å². The Morgan fingerprint density at radius 1 is 1.23 bits per heavy atom. The molecule has 1 aromatic carbocycles. The molecule has 0 N–H and O–H groups in total. The Balaban J connectivity index is 1.52. The van der Waals surface area contributed by atoms with Crippen LogP contribution in [0, 0.1) is 12.8 Å². The van der Waals surface area contributed by atoms with E-state index in [1.807, 2.05) is 49.9 Å². The first kappa shape index (κ1) is 20.9. The van der Waals surface area contributed by atoms with Gasteiger partial charge in [0.05, 0.1) is 6.04 Å². The average Bonchev–Trinajstić information content (AvgIpc) is 3.47. The molecule has 0 bridgehead atoms. The lowest BCUT2D eigenvalue weighted by Gasteiger charge is -2.38. The predicted octanol–water partition coefficient (Wildman–Crippen LogP) is 4.21. The van der Waals surface area contributed by atoms with Crippen LogP contribution in [0.15, 0.2) is 35.7 Å². The SMILES string of the molecule is Cc1ccccc1OCC1c2ccsc2CCN1C(=O)CN(C(=O)C1CC1)C(C)C. The largest absolute Gasteiger partial charge is 0.491 e. The summed E-state index contributed by atoms with van der Waals surface area (Å²) in [4.78, 5) is 31.0. The zero-order valence-electron chi connectivity index (χ0n) is 18.0. The average molecular weight is 427 g/mol. The highest BCUT2D eigenvalue weighted by molar-refractivity contribution is 7.10. The van der Waals surface area contributed by atoms with Crippen molar-refractivity contribution in [1.29, 1.82) is 0 Å². The molecule has 30 heavy (non-hydrogen) atoms. The monoisotopic (exact) mass is 426 g/mol. The summed E-state index contributed by atoms with van der Waals surface area (Å²) in [6.45, 7) is 7.22. The second kappa shape index (κ2) is 8.80. The van der Waals surface area contributed by atoms with E-state index in [4.69, 9.17) is 4.74 Å². The lowest BCUT2D eigenvalue weighted by atomic mass is 10.00. The van der Waals surface area contributed by atoms with E-state index in [-0.39, 0.29) is 36.4 Å². The van der Waals surface area contributed by atoms with Crippen molar-refractivity contribution < 1.29 is 14.3 Å². The van der Waals surface area contributed by atoms with Crippen LogP contribution in [0.3, 0.4) is 0 Å². The van der Waals surface area contributed by atoms with Crippen LogP contribution < -0.4 is 4.74 Å². The quantitative estimate of drug-likeness (QED) is 0.666. The molecule has 1 saturated carbocycles. The molecule has 2 aromatic rings. The van der Waals surface area contributed by atoms with E-state index >= 15 is 0 Å². The number of amides is 2. The van der Waals surface area contributed by atoms with Gasteiger partial charge in [0.25, 0.3) is 0 Å². The standard InChI is InChI=1S/C24H30N2O3S/c1-16(2)26(24(28)18-8-9-18)14-23(27)25-12-10-22-19(11-13-30-22)20(25)15-29-21-7-5-4-6-17(21)3/h4-7,11,13,16,18,20H,8-10,12,14-15H2,1-3H3. The Bertz CT molecular complexity index is 919. The third-order valence-corrected chi connectivity index (χ3v) is 7.04. The molecular formula is C24H30N2O3S. The number of fused-ring (bicyclic) bond motifs is 1. The van der Waals surface area contributed by atoms with Gasteiger partial charge < -0.3 is 14.5 Å². The predicted molar refractivity (Wildman–Crippen MR) is 119 cm³/mol. The Kier molecular flexibility index (Phi) is 6.14. The number of hydrogen-bond acceptors (Lipinski definition) is 4. The van der Waals surface area contributed by atoms with Crippen LogP contribution in [-0.4, -0.2) is 47.4 Å². The summed E-state index contributed by atoms with van der Waals surface area (Å²) in [7, 11) is 0. The first-order valence-corrected chi connectivity index (χ1v) is 11.7. The van der Waals surface area contributed by atoms with Crippen molar-refractivity contribution in [2.75, 3.05) is 19.7 Å². The van der Waals surface area contributed by atoms with Gasteiger partial charge in [-0.2, -0.15) is 0 Å². The first-order valence-electron chi connectivity index (χ1n) is 10.8. The fourth-order valence-corrected chi connectivity index (χ4v) is 5.01. The van der Waals surface area contributed by atoms with Gasteiger partial charge in [-0.05, 0) is 68.7 Å². The van der Waals surface area contributed by atoms with Crippen LogP contribution in [-0.2, 0) is 16.0 Å². The highest BCUT2D eigenvalue weighted by Gasteiger charge is 2.38. The number of carbonyl (C=O) groups is 2. The highest BCUT2D eigenvalue weighted by atomic mass is 32.1. The first-order chi connectivity index (χ1) is 14.5. The number of benzene rings is 1. The summed E-state index contributed by atoms with van der Waals surface area (Å²) in [5.41, 5.74) is 2.26. The third kappa shape index (κ3) is 4.38. The Labute approximate surface area is 182 Å². The lowest BCUT2D eigenvalue weighted by molar-refractivity contribution is -0.144. The summed E-state index contributed by atoms with van der Waals surface area (Å²) in [6, 6.07) is 9.95. The van der Waals surface area contributed by atoms with E-state index < -0.39 is 0 Å². The molecule has 1 aromatic heterocycles. The smallest absolute Gasteiger partial charge is 0.242 e. The molecule has 5 nitrogen and oxygen atoms in total. The number of rotatable bonds is 7. The highest BCUT2D eigenvalue weighted by Crippen LogP contribution is 2.35. The Hall–Kier alpha value is -2.34. The Morgan fingerprint density at radius 2 is 2.00 bits per heavy atom. The maximum atomic E-state index is 13.4. The van der Waals surface area contributed by atoms with Gasteiger partial charge in [0.15, 0.2) is 0 Å². The number of aryl methyl sites for hydroxylation is 1. The topological polar surface area (TPSA) is 49.9 Å².